The lowest BCUT2D eigenvalue weighted by molar-refractivity contribution is -0.126. The van der Waals surface area contributed by atoms with E-state index in [9.17, 15) is 9.59 Å². The Morgan fingerprint density at radius 2 is 2.05 bits per heavy atom. The van der Waals surface area contributed by atoms with E-state index in [2.05, 4.69) is 10.6 Å². The van der Waals surface area contributed by atoms with Gasteiger partial charge >= 0.3 is 0 Å². The average Bonchev–Trinajstić information content (AvgIpc) is 2.69. The monoisotopic (exact) mass is 259 g/mol. The van der Waals surface area contributed by atoms with Crippen molar-refractivity contribution >= 4 is 17.6 Å². The number of hydrogen-bond donors (Lipinski definition) is 3. The Morgan fingerprint density at radius 1 is 1.37 bits per heavy atom. The SMILES string of the molecule is CC(C)(C)C(=O)NC(=N)c1ccc2c(c1)C(=O)NC2. The first-order valence-corrected chi connectivity index (χ1v) is 6.10. The lowest BCUT2D eigenvalue weighted by Gasteiger charge is -2.18. The molecule has 0 spiro atoms. The number of nitrogens with one attached hydrogen (secondary N) is 3. The Balaban J connectivity index is 2.20. The van der Waals surface area contributed by atoms with Gasteiger partial charge in [-0.05, 0) is 11.6 Å². The molecule has 0 fully saturated rings. The van der Waals surface area contributed by atoms with E-state index in [0.717, 1.165) is 5.56 Å². The van der Waals surface area contributed by atoms with Crippen LogP contribution in [0.3, 0.4) is 0 Å². The van der Waals surface area contributed by atoms with Crippen molar-refractivity contribution in [2.75, 3.05) is 0 Å². The summed E-state index contributed by atoms with van der Waals surface area (Å²) >= 11 is 0. The Hall–Kier alpha value is -2.17. The first-order valence-electron chi connectivity index (χ1n) is 6.10. The smallest absolute Gasteiger partial charge is 0.251 e. The predicted molar refractivity (Wildman–Crippen MR) is 72.0 cm³/mol. The summed E-state index contributed by atoms with van der Waals surface area (Å²) in [5.41, 5.74) is 1.48. The molecule has 2 rings (SSSR count). The maximum Gasteiger partial charge on any atom is 0.251 e. The van der Waals surface area contributed by atoms with Gasteiger partial charge in [-0.3, -0.25) is 15.0 Å². The second kappa shape index (κ2) is 4.50. The number of benzene rings is 1. The first-order chi connectivity index (χ1) is 8.79. The number of rotatable bonds is 1. The van der Waals surface area contributed by atoms with Gasteiger partial charge < -0.3 is 10.6 Å². The minimum Gasteiger partial charge on any atom is -0.348 e. The lowest BCUT2D eigenvalue weighted by atomic mass is 9.95. The molecule has 5 nitrogen and oxygen atoms in total. The van der Waals surface area contributed by atoms with Crippen molar-refractivity contribution < 1.29 is 9.59 Å². The van der Waals surface area contributed by atoms with Crippen LogP contribution in [0.4, 0.5) is 0 Å². The molecule has 0 atom stereocenters. The fraction of sp³-hybridized carbons (Fsp3) is 0.357. The van der Waals surface area contributed by atoms with Crippen molar-refractivity contribution in [2.24, 2.45) is 5.41 Å². The van der Waals surface area contributed by atoms with E-state index >= 15 is 0 Å². The second-order valence-corrected chi connectivity index (χ2v) is 5.63. The van der Waals surface area contributed by atoms with Crippen LogP contribution in [-0.2, 0) is 11.3 Å². The van der Waals surface area contributed by atoms with Crippen LogP contribution in [0.15, 0.2) is 18.2 Å². The van der Waals surface area contributed by atoms with Gasteiger partial charge in [0.2, 0.25) is 5.91 Å². The van der Waals surface area contributed by atoms with Crippen molar-refractivity contribution in [1.29, 1.82) is 5.41 Å². The Morgan fingerprint density at radius 3 is 2.68 bits per heavy atom. The van der Waals surface area contributed by atoms with Crippen molar-refractivity contribution in [2.45, 2.75) is 27.3 Å². The van der Waals surface area contributed by atoms with Crippen LogP contribution in [0, 0.1) is 10.8 Å². The molecular weight excluding hydrogens is 242 g/mol. The zero-order valence-electron chi connectivity index (χ0n) is 11.3. The minimum atomic E-state index is -0.555. The lowest BCUT2D eigenvalue weighted by Crippen LogP contribution is -2.39. The summed E-state index contributed by atoms with van der Waals surface area (Å²) < 4.78 is 0. The fourth-order valence-corrected chi connectivity index (χ4v) is 1.74. The first kappa shape index (κ1) is 13.3. The molecule has 1 aliphatic rings. The number of hydrogen-bond acceptors (Lipinski definition) is 3. The van der Waals surface area contributed by atoms with Crippen molar-refractivity contribution in [3.63, 3.8) is 0 Å². The number of carbonyl (C=O) groups is 2. The maximum absolute atomic E-state index is 11.8. The van der Waals surface area contributed by atoms with Crippen LogP contribution in [0.1, 0.15) is 42.3 Å². The molecule has 19 heavy (non-hydrogen) atoms. The zero-order valence-corrected chi connectivity index (χ0v) is 11.3. The van der Waals surface area contributed by atoms with Crippen LogP contribution in [0.25, 0.3) is 0 Å². The summed E-state index contributed by atoms with van der Waals surface area (Å²) in [7, 11) is 0. The third-order valence-electron chi connectivity index (χ3n) is 3.00. The number of fused-ring (bicyclic) bond motifs is 1. The van der Waals surface area contributed by atoms with Gasteiger partial charge in [0.25, 0.3) is 5.91 Å². The van der Waals surface area contributed by atoms with E-state index in [4.69, 9.17) is 5.41 Å². The van der Waals surface area contributed by atoms with Crippen molar-refractivity contribution in [1.82, 2.24) is 10.6 Å². The predicted octanol–water partition coefficient (Wildman–Crippen LogP) is 1.42. The van der Waals surface area contributed by atoms with E-state index in [1.807, 2.05) is 0 Å². The Labute approximate surface area is 111 Å². The Kier molecular flexibility index (Phi) is 3.14. The van der Waals surface area contributed by atoms with Crippen molar-refractivity contribution in [3.05, 3.63) is 34.9 Å². The molecule has 0 unspecified atom stereocenters. The van der Waals surface area contributed by atoms with Gasteiger partial charge in [-0.25, -0.2) is 0 Å². The fourth-order valence-electron chi connectivity index (χ4n) is 1.74. The van der Waals surface area contributed by atoms with Crippen LogP contribution >= 0.6 is 0 Å². The van der Waals surface area contributed by atoms with Crippen LogP contribution in [0.5, 0.6) is 0 Å². The van der Waals surface area contributed by atoms with Crippen LogP contribution in [-0.4, -0.2) is 17.6 Å². The molecule has 0 saturated carbocycles. The van der Waals surface area contributed by atoms with Crippen LogP contribution in [0.2, 0.25) is 0 Å². The highest BCUT2D eigenvalue weighted by atomic mass is 16.2. The van der Waals surface area contributed by atoms with Gasteiger partial charge in [0, 0.05) is 23.1 Å². The molecule has 100 valence electrons. The molecule has 1 aromatic carbocycles. The topological polar surface area (TPSA) is 82.1 Å². The highest BCUT2D eigenvalue weighted by Gasteiger charge is 2.24. The van der Waals surface area contributed by atoms with E-state index in [1.165, 1.54) is 0 Å². The Bertz CT molecular complexity index is 571. The molecule has 0 saturated heterocycles. The third kappa shape index (κ3) is 2.65. The maximum atomic E-state index is 11.8. The largest absolute Gasteiger partial charge is 0.348 e. The number of carbonyl (C=O) groups excluding carboxylic acids is 2. The molecule has 1 aliphatic heterocycles. The molecule has 3 N–H and O–H groups in total. The summed E-state index contributed by atoms with van der Waals surface area (Å²) in [6, 6.07) is 5.19. The van der Waals surface area contributed by atoms with Gasteiger partial charge in [0.1, 0.15) is 5.84 Å². The van der Waals surface area contributed by atoms with Gasteiger partial charge in [-0.1, -0.05) is 32.9 Å². The highest BCUT2D eigenvalue weighted by molar-refractivity contribution is 6.09. The normalized spacial score (nSPS) is 13.7. The molecule has 2 amide bonds. The molecule has 0 radical (unpaired) electrons. The summed E-state index contributed by atoms with van der Waals surface area (Å²) in [5.74, 6) is -0.336. The summed E-state index contributed by atoms with van der Waals surface area (Å²) in [4.78, 5) is 23.4. The molecule has 0 bridgehead atoms. The van der Waals surface area contributed by atoms with E-state index in [1.54, 1.807) is 39.0 Å². The van der Waals surface area contributed by atoms with Gasteiger partial charge in [0.05, 0.1) is 0 Å². The molecular formula is C14H17N3O2. The van der Waals surface area contributed by atoms with E-state index in [-0.39, 0.29) is 17.6 Å². The van der Waals surface area contributed by atoms with Gasteiger partial charge in [-0.2, -0.15) is 0 Å². The minimum absolute atomic E-state index is 0.0161. The van der Waals surface area contributed by atoms with Crippen LogP contribution < -0.4 is 10.6 Å². The highest BCUT2D eigenvalue weighted by Crippen LogP contribution is 2.18. The molecule has 0 aliphatic carbocycles. The van der Waals surface area contributed by atoms with E-state index < -0.39 is 5.41 Å². The molecule has 1 aromatic rings. The molecule has 5 heteroatoms. The van der Waals surface area contributed by atoms with E-state index in [0.29, 0.717) is 17.7 Å². The standard InChI is InChI=1S/C14H17N3O2/c1-14(2,3)13(19)17-11(15)8-4-5-9-7-16-12(18)10(9)6-8/h4-6H,7H2,1-3H3,(H,16,18)(H2,15,17,19). The summed E-state index contributed by atoms with van der Waals surface area (Å²) in [6.07, 6.45) is 0. The number of amides is 2. The second-order valence-electron chi connectivity index (χ2n) is 5.63. The zero-order chi connectivity index (χ0) is 14.2. The van der Waals surface area contributed by atoms with Gasteiger partial charge in [0.15, 0.2) is 0 Å². The molecule has 1 heterocycles. The average molecular weight is 259 g/mol. The summed E-state index contributed by atoms with van der Waals surface area (Å²) in [6.45, 7) is 5.87. The van der Waals surface area contributed by atoms with Gasteiger partial charge in [-0.15, -0.1) is 0 Å². The third-order valence-corrected chi connectivity index (χ3v) is 3.00. The van der Waals surface area contributed by atoms with Crippen molar-refractivity contribution in [3.8, 4) is 0 Å². The number of amidine groups is 1. The molecule has 0 aromatic heterocycles. The summed E-state index contributed by atoms with van der Waals surface area (Å²) in [5, 5.41) is 13.2. The quantitative estimate of drug-likeness (QED) is 0.526.